The van der Waals surface area contributed by atoms with Crippen molar-refractivity contribution >= 4 is 193 Å². The SMILES string of the molecule is Bc1c(B)c(B)c(-n2c3ccc(N(c4ccccc4)c4ccccc4)cc3c3cc(N(c4ccccc4)c4ccc5oc6ccc(N(c7ccccc7)c7ccc8c(c7)sc7ccccc78)cc6c5c4)ccc32)c(B)c1B. The van der Waals surface area contributed by atoms with Gasteiger partial charge in [0.1, 0.15) is 50.4 Å². The molecule has 0 aliphatic rings. The van der Waals surface area contributed by atoms with Crippen molar-refractivity contribution in [3.8, 4) is 5.69 Å². The van der Waals surface area contributed by atoms with E-state index in [0.717, 1.165) is 84.2 Å². The minimum Gasteiger partial charge on any atom is -0.456 e. The lowest BCUT2D eigenvalue weighted by atomic mass is 9.61. The van der Waals surface area contributed by atoms with E-state index in [4.69, 9.17) is 4.42 Å². The summed E-state index contributed by atoms with van der Waals surface area (Å²) in [6, 6.07) is 85.6. The van der Waals surface area contributed by atoms with Crippen molar-refractivity contribution in [2.24, 2.45) is 0 Å². The van der Waals surface area contributed by atoms with E-state index in [9.17, 15) is 0 Å². The molecule has 11 heteroatoms. The first-order valence-electron chi connectivity index (χ1n) is 26.4. The summed E-state index contributed by atoms with van der Waals surface area (Å²) in [5, 5.41) is 7.03. The van der Waals surface area contributed by atoms with Crippen LogP contribution in [0.15, 0.2) is 241 Å². The smallest absolute Gasteiger partial charge is 0.141 e. The molecule has 0 aliphatic heterocycles. The van der Waals surface area contributed by atoms with Crippen LogP contribution in [0.3, 0.4) is 0 Å². The van der Waals surface area contributed by atoms with Crippen LogP contribution in [-0.2, 0) is 0 Å². The van der Waals surface area contributed by atoms with E-state index in [1.807, 2.05) is 11.3 Å². The molecule has 360 valence electrons. The second kappa shape index (κ2) is 18.7. The van der Waals surface area contributed by atoms with E-state index in [1.165, 1.54) is 63.9 Å². The zero-order chi connectivity index (χ0) is 51.9. The highest BCUT2D eigenvalue weighted by Crippen LogP contribution is 2.46. The Balaban J connectivity index is 0.958. The number of rotatable bonds is 10. The minimum absolute atomic E-state index is 0.841. The third-order valence-corrected chi connectivity index (χ3v) is 17.2. The molecule has 0 spiro atoms. The Labute approximate surface area is 456 Å². The van der Waals surface area contributed by atoms with Gasteiger partial charge in [-0.3, -0.25) is 0 Å². The first-order valence-corrected chi connectivity index (χ1v) is 27.2. The molecule has 0 bridgehead atoms. The van der Waals surface area contributed by atoms with Gasteiger partial charge in [0, 0.05) is 98.6 Å². The first kappa shape index (κ1) is 46.5. The summed E-state index contributed by atoms with van der Waals surface area (Å²) >= 11 is 1.84. The molecule has 0 saturated heterocycles. The molecule has 0 saturated carbocycles. The summed E-state index contributed by atoms with van der Waals surface area (Å²) in [5.74, 6) is 0. The van der Waals surface area contributed by atoms with Crippen molar-refractivity contribution in [1.29, 1.82) is 0 Å². The van der Waals surface area contributed by atoms with Crippen molar-refractivity contribution in [2.45, 2.75) is 0 Å². The van der Waals surface area contributed by atoms with Gasteiger partial charge in [-0.25, -0.2) is 0 Å². The van der Waals surface area contributed by atoms with Gasteiger partial charge in [-0.1, -0.05) is 119 Å². The Bertz CT molecular complexity index is 4530. The number of hydrogen-bond acceptors (Lipinski definition) is 5. The maximum absolute atomic E-state index is 6.68. The van der Waals surface area contributed by atoms with Gasteiger partial charge in [0.05, 0.1) is 11.0 Å². The summed E-state index contributed by atoms with van der Waals surface area (Å²) in [6.45, 7) is 0. The highest BCUT2D eigenvalue weighted by molar-refractivity contribution is 7.25. The Hall–Kier alpha value is -9.04. The van der Waals surface area contributed by atoms with Gasteiger partial charge >= 0.3 is 0 Å². The zero-order valence-electron chi connectivity index (χ0n) is 43.6. The fourth-order valence-electron chi connectivity index (χ4n) is 11.9. The quantitative estimate of drug-likeness (QED) is 0.128. The van der Waals surface area contributed by atoms with Gasteiger partial charge in [0.2, 0.25) is 0 Å². The lowest BCUT2D eigenvalue weighted by Crippen LogP contribution is -2.56. The molecule has 0 unspecified atom stereocenters. The van der Waals surface area contributed by atoms with Crippen LogP contribution >= 0.6 is 11.3 Å². The molecule has 0 radical (unpaired) electrons. The number of nitrogens with zero attached hydrogens (tertiary/aromatic N) is 4. The third kappa shape index (κ3) is 7.75. The summed E-state index contributed by atoms with van der Waals surface area (Å²) in [4.78, 5) is 7.11. The summed E-state index contributed by atoms with van der Waals surface area (Å²) in [7, 11) is 11.4. The molecule has 0 atom stereocenters. The third-order valence-electron chi connectivity index (χ3n) is 16.1. The van der Waals surface area contributed by atoms with Crippen molar-refractivity contribution in [3.05, 3.63) is 237 Å². The molecule has 0 aliphatic carbocycles. The number of fused-ring (bicyclic) bond motifs is 9. The summed E-state index contributed by atoms with van der Waals surface area (Å²) < 4.78 is 11.8. The summed E-state index contributed by atoms with van der Waals surface area (Å²) in [6.07, 6.45) is 0. The van der Waals surface area contributed by atoms with Crippen LogP contribution in [0.2, 0.25) is 0 Å². The highest BCUT2D eigenvalue weighted by atomic mass is 32.1. The molecule has 14 rings (SSSR count). The molecule has 0 N–H and O–H groups in total. The molecule has 11 aromatic carbocycles. The predicted octanol–water partition coefficient (Wildman–Crippen LogP) is 10.8. The van der Waals surface area contributed by atoms with E-state index >= 15 is 0 Å². The number of anilines is 9. The second-order valence-corrected chi connectivity index (χ2v) is 21.4. The van der Waals surface area contributed by atoms with Crippen LogP contribution in [0, 0.1) is 0 Å². The van der Waals surface area contributed by atoms with E-state index in [0.29, 0.717) is 0 Å². The molecule has 0 amide bonds. The van der Waals surface area contributed by atoms with Gasteiger partial charge < -0.3 is 23.7 Å². The van der Waals surface area contributed by atoms with E-state index in [1.54, 1.807) is 0 Å². The average Bonchev–Trinajstić information content (AvgIpc) is 4.29. The minimum atomic E-state index is 0.841. The zero-order valence-corrected chi connectivity index (χ0v) is 44.4. The fraction of sp³-hybridized carbons (Fsp3) is 0. The molecule has 3 heterocycles. The van der Waals surface area contributed by atoms with Gasteiger partial charge in [-0.05, 0) is 140 Å². The summed E-state index contributed by atoms with van der Waals surface area (Å²) in [5.41, 5.74) is 21.6. The van der Waals surface area contributed by atoms with Crippen LogP contribution in [-0.4, -0.2) is 43.8 Å². The van der Waals surface area contributed by atoms with Gasteiger partial charge in [-0.15, -0.1) is 16.8 Å². The average molecular weight is 1000 g/mol. The molecule has 5 nitrogen and oxygen atoms in total. The van der Waals surface area contributed by atoms with Crippen molar-refractivity contribution in [2.75, 3.05) is 14.7 Å². The largest absolute Gasteiger partial charge is 0.456 e. The number of thiophene rings is 1. The van der Waals surface area contributed by atoms with Crippen molar-refractivity contribution < 1.29 is 4.42 Å². The normalized spacial score (nSPS) is 11.6. The van der Waals surface area contributed by atoms with E-state index in [-0.39, 0.29) is 0 Å². The Morgan fingerprint density at radius 3 is 1.10 bits per heavy atom. The fourth-order valence-corrected chi connectivity index (χ4v) is 13.0. The number of hydrogen-bond donors (Lipinski definition) is 0. The first-order chi connectivity index (χ1) is 37.8. The number of furan rings is 1. The lowest BCUT2D eigenvalue weighted by Gasteiger charge is -2.26. The molecular weight excluding hydrogens is 951 g/mol. The maximum atomic E-state index is 6.68. The van der Waals surface area contributed by atoms with Gasteiger partial charge in [0.15, 0.2) is 0 Å². The molecule has 77 heavy (non-hydrogen) atoms. The van der Waals surface area contributed by atoms with E-state index < -0.39 is 0 Å². The Morgan fingerprint density at radius 2 is 0.636 bits per heavy atom. The Kier molecular flexibility index (Phi) is 11.3. The van der Waals surface area contributed by atoms with Crippen LogP contribution in [0.1, 0.15) is 0 Å². The van der Waals surface area contributed by atoms with E-state index in [2.05, 4.69) is 295 Å². The molecule has 3 aromatic heterocycles. The topological polar surface area (TPSA) is 27.8 Å². The predicted molar refractivity (Wildman–Crippen MR) is 346 cm³/mol. The number of benzene rings is 11. The van der Waals surface area contributed by atoms with Crippen molar-refractivity contribution in [1.82, 2.24) is 4.57 Å². The maximum Gasteiger partial charge on any atom is 0.141 e. The second-order valence-electron chi connectivity index (χ2n) is 20.3. The van der Waals surface area contributed by atoms with Crippen LogP contribution in [0.25, 0.3) is 69.6 Å². The Morgan fingerprint density at radius 1 is 0.286 bits per heavy atom. The number of para-hydroxylation sites is 4. The highest BCUT2D eigenvalue weighted by Gasteiger charge is 2.24. The van der Waals surface area contributed by atoms with Crippen molar-refractivity contribution in [3.63, 3.8) is 0 Å². The van der Waals surface area contributed by atoms with Crippen LogP contribution < -0.4 is 42.0 Å². The van der Waals surface area contributed by atoms with Gasteiger partial charge in [-0.2, -0.15) is 0 Å². The van der Waals surface area contributed by atoms with Gasteiger partial charge in [0.25, 0.3) is 0 Å². The lowest BCUT2D eigenvalue weighted by molar-refractivity contribution is 0.669. The number of aromatic nitrogens is 1. The monoisotopic (exact) mass is 1000 g/mol. The standard InChI is InChI=1S/C66H49B5N4OS/c67-61-62(68)64(70)66(65(71)63(61)69)75-55-31-26-44(72(40-15-5-1-6-16-40)41-17-7-2-8-18-41)35-51(55)52-36-45(27-32-56(52)75)73(42-19-9-3-10-20-42)46-28-33-57-53(37-46)54-38-47(29-34-58(54)76-57)74(43-21-11-4-12-22-43)48-25-30-50-49-23-13-14-24-59(49)77-60(50)39-48/h1-39H,67-71H2. The molecule has 14 aromatic rings. The molecule has 0 fully saturated rings. The van der Waals surface area contributed by atoms with Crippen LogP contribution in [0.5, 0.6) is 0 Å². The molecular formula is C66H49B5N4OS. The van der Waals surface area contributed by atoms with Crippen LogP contribution in [0.4, 0.5) is 51.2 Å².